The third kappa shape index (κ3) is 6.38. The molecule has 0 aliphatic carbocycles. The summed E-state index contributed by atoms with van der Waals surface area (Å²) in [6, 6.07) is 6.77. The summed E-state index contributed by atoms with van der Waals surface area (Å²) >= 11 is 0. The van der Waals surface area contributed by atoms with Gasteiger partial charge in [-0.1, -0.05) is 32.4 Å². The maximum absolute atomic E-state index is 13.5. The second kappa shape index (κ2) is 10.9. The number of fused-ring (bicyclic) bond motifs is 1. The van der Waals surface area contributed by atoms with Gasteiger partial charge in [0.1, 0.15) is 17.5 Å². The molecule has 0 radical (unpaired) electrons. The van der Waals surface area contributed by atoms with Crippen LogP contribution in [0.3, 0.4) is 0 Å². The molecule has 0 bridgehead atoms. The Kier molecular flexibility index (Phi) is 8.85. The van der Waals surface area contributed by atoms with E-state index in [9.17, 15) is 4.39 Å². The van der Waals surface area contributed by atoms with Gasteiger partial charge in [0.15, 0.2) is 5.96 Å². The number of hydrogen-bond acceptors (Lipinski definition) is 3. The molecule has 0 amide bonds. The highest BCUT2D eigenvalue weighted by Gasteiger charge is 2.21. The zero-order chi connectivity index (χ0) is 20.0. The Labute approximate surface area is 189 Å². The summed E-state index contributed by atoms with van der Waals surface area (Å²) in [4.78, 5) is 4.30. The van der Waals surface area contributed by atoms with Crippen LogP contribution in [0, 0.1) is 5.82 Å². The fourth-order valence-electron chi connectivity index (χ4n) is 3.56. The van der Waals surface area contributed by atoms with Crippen molar-refractivity contribution >= 4 is 29.9 Å². The molecule has 0 spiro atoms. The molecule has 0 saturated carbocycles. The van der Waals surface area contributed by atoms with Crippen LogP contribution >= 0.6 is 24.0 Å². The van der Waals surface area contributed by atoms with E-state index in [1.807, 2.05) is 6.07 Å². The van der Waals surface area contributed by atoms with Gasteiger partial charge in [0, 0.05) is 44.9 Å². The molecule has 2 heterocycles. The van der Waals surface area contributed by atoms with E-state index in [4.69, 9.17) is 0 Å². The number of aromatic nitrogens is 3. The number of hydrogen-bond donors (Lipinski definition) is 2. The number of aliphatic imine (C=N–C) groups is 1. The predicted molar refractivity (Wildman–Crippen MR) is 125 cm³/mol. The van der Waals surface area contributed by atoms with Gasteiger partial charge in [0.05, 0.1) is 0 Å². The molecule has 1 aliphatic heterocycles. The van der Waals surface area contributed by atoms with Crippen LogP contribution in [0.4, 0.5) is 4.39 Å². The fourth-order valence-corrected chi connectivity index (χ4v) is 3.56. The first kappa shape index (κ1) is 23.6. The van der Waals surface area contributed by atoms with Crippen LogP contribution in [0.1, 0.15) is 50.3 Å². The van der Waals surface area contributed by atoms with Crippen molar-refractivity contribution in [2.75, 3.05) is 20.1 Å². The smallest absolute Gasteiger partial charge is 0.191 e. The van der Waals surface area contributed by atoms with Crippen molar-refractivity contribution in [2.45, 2.75) is 57.9 Å². The van der Waals surface area contributed by atoms with E-state index in [1.54, 1.807) is 19.2 Å². The Morgan fingerprint density at radius 3 is 2.79 bits per heavy atom. The molecule has 0 saturated heterocycles. The molecule has 8 heteroatoms. The topological polar surface area (TPSA) is 67.1 Å². The molecule has 3 rings (SSSR count). The first-order valence-electron chi connectivity index (χ1n) is 10.1. The van der Waals surface area contributed by atoms with Gasteiger partial charge in [0.2, 0.25) is 0 Å². The van der Waals surface area contributed by atoms with Gasteiger partial charge < -0.3 is 15.2 Å². The van der Waals surface area contributed by atoms with Crippen LogP contribution in [0.5, 0.6) is 0 Å². The van der Waals surface area contributed by atoms with Crippen molar-refractivity contribution in [1.82, 2.24) is 25.4 Å². The number of rotatable bonds is 6. The minimum atomic E-state index is -0.218. The van der Waals surface area contributed by atoms with Gasteiger partial charge in [-0.25, -0.2) is 4.39 Å². The average molecular weight is 514 g/mol. The van der Waals surface area contributed by atoms with Gasteiger partial charge in [-0.2, -0.15) is 0 Å². The summed E-state index contributed by atoms with van der Waals surface area (Å²) in [5.74, 6) is 2.69. The molecule has 1 aromatic carbocycles. The van der Waals surface area contributed by atoms with Crippen molar-refractivity contribution in [3.8, 4) is 0 Å². The van der Waals surface area contributed by atoms with Crippen LogP contribution < -0.4 is 10.6 Å². The van der Waals surface area contributed by atoms with Gasteiger partial charge in [0.25, 0.3) is 0 Å². The quantitative estimate of drug-likeness (QED) is 0.352. The molecule has 6 nitrogen and oxygen atoms in total. The molecule has 0 fully saturated rings. The minimum absolute atomic E-state index is 0. The Morgan fingerprint density at radius 1 is 1.21 bits per heavy atom. The van der Waals surface area contributed by atoms with E-state index in [1.165, 1.54) is 25.3 Å². The highest BCUT2D eigenvalue weighted by atomic mass is 127. The number of nitrogens with zero attached hydrogens (tertiary/aromatic N) is 4. The van der Waals surface area contributed by atoms with Gasteiger partial charge in [-0.15, -0.1) is 34.2 Å². The average Bonchev–Trinajstić information content (AvgIpc) is 2.91. The SMILES string of the molecule is CN=C(NCCc1nnc2n1CCCCC2)NCC(C)(C)c1cccc(F)c1.I. The fraction of sp³-hybridized carbons (Fsp3) is 0.571. The molecule has 2 N–H and O–H groups in total. The lowest BCUT2D eigenvalue weighted by molar-refractivity contribution is 0.503. The second-order valence-corrected chi connectivity index (χ2v) is 7.99. The molecule has 0 unspecified atom stereocenters. The molecule has 160 valence electrons. The van der Waals surface area contributed by atoms with Crippen LogP contribution in [0.25, 0.3) is 0 Å². The Balaban J connectivity index is 0.00000300. The van der Waals surface area contributed by atoms with E-state index in [0.29, 0.717) is 6.54 Å². The van der Waals surface area contributed by atoms with Gasteiger partial charge >= 0.3 is 0 Å². The lowest BCUT2D eigenvalue weighted by Crippen LogP contribution is -2.44. The molecule has 2 aromatic rings. The highest BCUT2D eigenvalue weighted by Crippen LogP contribution is 2.22. The predicted octanol–water partition coefficient (Wildman–Crippen LogP) is 3.45. The summed E-state index contributed by atoms with van der Waals surface area (Å²) in [6.45, 7) is 6.59. The Morgan fingerprint density at radius 2 is 2.03 bits per heavy atom. The zero-order valence-corrected chi connectivity index (χ0v) is 19.9. The van der Waals surface area contributed by atoms with E-state index >= 15 is 0 Å². The number of guanidine groups is 1. The van der Waals surface area contributed by atoms with Crippen molar-refractivity contribution in [3.63, 3.8) is 0 Å². The minimum Gasteiger partial charge on any atom is -0.356 e. The van der Waals surface area contributed by atoms with E-state index < -0.39 is 0 Å². The van der Waals surface area contributed by atoms with Crippen molar-refractivity contribution in [1.29, 1.82) is 0 Å². The van der Waals surface area contributed by atoms with Gasteiger partial charge in [-0.3, -0.25) is 4.99 Å². The summed E-state index contributed by atoms with van der Waals surface area (Å²) in [5.41, 5.74) is 0.742. The van der Waals surface area contributed by atoms with Crippen molar-refractivity contribution in [3.05, 3.63) is 47.3 Å². The van der Waals surface area contributed by atoms with Crippen molar-refractivity contribution < 1.29 is 4.39 Å². The van der Waals surface area contributed by atoms with Crippen molar-refractivity contribution in [2.24, 2.45) is 4.99 Å². The lowest BCUT2D eigenvalue weighted by atomic mass is 9.84. The summed E-state index contributed by atoms with van der Waals surface area (Å²) < 4.78 is 15.8. The maximum atomic E-state index is 13.5. The number of benzene rings is 1. The number of halogens is 2. The third-order valence-corrected chi connectivity index (χ3v) is 5.35. The first-order valence-corrected chi connectivity index (χ1v) is 10.1. The second-order valence-electron chi connectivity index (χ2n) is 7.99. The van der Waals surface area contributed by atoms with Crippen LogP contribution in [0.2, 0.25) is 0 Å². The van der Waals surface area contributed by atoms with Crippen LogP contribution in [-0.4, -0.2) is 40.9 Å². The van der Waals surface area contributed by atoms with E-state index in [0.717, 1.165) is 49.1 Å². The van der Waals surface area contributed by atoms with E-state index in [2.05, 4.69) is 44.2 Å². The molecule has 1 aliphatic rings. The number of nitrogens with one attached hydrogen (secondary N) is 2. The molecule has 1 aromatic heterocycles. The number of aryl methyl sites for hydroxylation is 1. The van der Waals surface area contributed by atoms with Crippen LogP contribution in [0.15, 0.2) is 29.3 Å². The van der Waals surface area contributed by atoms with E-state index in [-0.39, 0.29) is 35.2 Å². The summed E-state index contributed by atoms with van der Waals surface area (Å²) in [7, 11) is 1.76. The highest BCUT2D eigenvalue weighted by molar-refractivity contribution is 14.0. The Bertz CT molecular complexity index is 817. The summed E-state index contributed by atoms with van der Waals surface area (Å²) in [6.07, 6.45) is 5.50. The largest absolute Gasteiger partial charge is 0.356 e. The normalized spacial score (nSPS) is 14.6. The monoisotopic (exact) mass is 514 g/mol. The molecule has 29 heavy (non-hydrogen) atoms. The molecule has 0 atom stereocenters. The van der Waals surface area contributed by atoms with Gasteiger partial charge in [-0.05, 0) is 30.5 Å². The molecular formula is C21H32FIN6. The standard InChI is InChI=1S/C21H31FN6.HI/c1-21(2,16-8-7-9-17(22)14-16)15-25-20(23-3)24-12-11-19-27-26-18-10-5-4-6-13-28(18)19;/h7-9,14H,4-6,10-13,15H2,1-3H3,(H2,23,24,25);1H. The zero-order valence-electron chi connectivity index (χ0n) is 17.5. The first-order chi connectivity index (χ1) is 13.5. The maximum Gasteiger partial charge on any atom is 0.191 e. The third-order valence-electron chi connectivity index (χ3n) is 5.35. The molecular weight excluding hydrogens is 482 g/mol. The summed E-state index contributed by atoms with van der Waals surface area (Å²) in [5, 5.41) is 15.4. The lowest BCUT2D eigenvalue weighted by Gasteiger charge is -2.26. The Hall–Kier alpha value is -1.71. The van der Waals surface area contributed by atoms with Crippen LogP contribution in [-0.2, 0) is 24.8 Å².